The smallest absolute Gasteiger partial charge is 0.280 e. The second kappa shape index (κ2) is 7.44. The van der Waals surface area contributed by atoms with Gasteiger partial charge in [0.15, 0.2) is 23.0 Å². The average molecular weight is 418 g/mol. The molecule has 0 aliphatic rings. The molecule has 0 bridgehead atoms. The number of hydrogen-bond acceptors (Lipinski definition) is 6. The van der Waals surface area contributed by atoms with E-state index in [0.29, 0.717) is 22.9 Å². The third-order valence-corrected chi connectivity index (χ3v) is 4.16. The Kier molecular flexibility index (Phi) is 5.08. The zero-order chi connectivity index (χ0) is 18.7. The number of carbonyl (C=O) groups is 1. The molecule has 0 spiro atoms. The number of aromatic nitrogens is 3. The van der Waals surface area contributed by atoms with Crippen LogP contribution >= 0.6 is 15.9 Å². The summed E-state index contributed by atoms with van der Waals surface area (Å²) in [6, 6.07) is 12.3. The fraction of sp³-hybridized carbons (Fsp3) is 0.118. The number of nitrogens with zero attached hydrogens (tertiary/aromatic N) is 3. The van der Waals surface area contributed by atoms with E-state index in [0.717, 1.165) is 4.47 Å². The molecule has 2 aromatic carbocycles. The largest absolute Gasteiger partial charge is 0.493 e. The Labute approximate surface area is 158 Å². The van der Waals surface area contributed by atoms with Crippen LogP contribution in [0.1, 0.15) is 10.5 Å². The van der Waals surface area contributed by atoms with Gasteiger partial charge in [-0.2, -0.15) is 4.68 Å². The Balaban J connectivity index is 1.84. The molecule has 3 rings (SSSR count). The zero-order valence-corrected chi connectivity index (χ0v) is 15.6. The maximum Gasteiger partial charge on any atom is 0.280 e. The molecule has 26 heavy (non-hydrogen) atoms. The average Bonchev–Trinajstić information content (AvgIpc) is 3.03. The molecule has 0 atom stereocenters. The lowest BCUT2D eigenvalue weighted by Gasteiger charge is -2.10. The van der Waals surface area contributed by atoms with Crippen LogP contribution in [-0.2, 0) is 0 Å². The monoisotopic (exact) mass is 417 g/mol. The van der Waals surface area contributed by atoms with Crippen LogP contribution in [0.4, 0.5) is 11.5 Å². The van der Waals surface area contributed by atoms with Crippen LogP contribution in [0.25, 0.3) is 5.69 Å². The van der Waals surface area contributed by atoms with Gasteiger partial charge in [0, 0.05) is 16.2 Å². The summed E-state index contributed by atoms with van der Waals surface area (Å²) >= 11 is 3.36. The predicted octanol–water partition coefficient (Wildman–Crippen LogP) is 2.88. The topological polar surface area (TPSA) is 104 Å². The highest BCUT2D eigenvalue weighted by molar-refractivity contribution is 9.10. The first-order valence-electron chi connectivity index (χ1n) is 7.54. The van der Waals surface area contributed by atoms with Crippen LogP contribution < -0.4 is 20.5 Å². The molecule has 0 aliphatic carbocycles. The summed E-state index contributed by atoms with van der Waals surface area (Å²) in [4.78, 5) is 12.5. The molecule has 0 saturated heterocycles. The second-order valence-corrected chi connectivity index (χ2v) is 6.15. The molecule has 3 N–H and O–H groups in total. The molecular formula is C17H16BrN5O3. The van der Waals surface area contributed by atoms with Crippen molar-refractivity contribution in [3.63, 3.8) is 0 Å². The number of nitrogens with two attached hydrogens (primary N) is 1. The first-order valence-corrected chi connectivity index (χ1v) is 8.33. The van der Waals surface area contributed by atoms with Gasteiger partial charge in [0.2, 0.25) is 0 Å². The van der Waals surface area contributed by atoms with Crippen molar-refractivity contribution in [3.8, 4) is 17.2 Å². The maximum atomic E-state index is 12.5. The van der Waals surface area contributed by atoms with Gasteiger partial charge >= 0.3 is 0 Å². The first-order chi connectivity index (χ1) is 12.5. The predicted molar refractivity (Wildman–Crippen MR) is 101 cm³/mol. The van der Waals surface area contributed by atoms with Gasteiger partial charge in [0.1, 0.15) is 0 Å². The van der Waals surface area contributed by atoms with Gasteiger partial charge in [-0.05, 0) is 36.4 Å². The quantitative estimate of drug-likeness (QED) is 0.661. The zero-order valence-electron chi connectivity index (χ0n) is 14.1. The lowest BCUT2D eigenvalue weighted by atomic mass is 10.2. The molecule has 0 aliphatic heterocycles. The van der Waals surface area contributed by atoms with E-state index in [9.17, 15) is 4.79 Å². The van der Waals surface area contributed by atoms with Crippen LogP contribution in [0.3, 0.4) is 0 Å². The van der Waals surface area contributed by atoms with E-state index in [1.165, 1.54) is 18.9 Å². The number of nitrogen functional groups attached to an aromatic ring is 1. The normalized spacial score (nSPS) is 10.4. The number of methoxy groups -OCH3 is 2. The summed E-state index contributed by atoms with van der Waals surface area (Å²) in [5.74, 6) is 0.728. The van der Waals surface area contributed by atoms with Gasteiger partial charge < -0.3 is 20.5 Å². The molecule has 1 heterocycles. The Morgan fingerprint density at radius 2 is 1.81 bits per heavy atom. The van der Waals surface area contributed by atoms with Crippen LogP contribution in [0.2, 0.25) is 0 Å². The minimum Gasteiger partial charge on any atom is -0.493 e. The highest BCUT2D eigenvalue weighted by Crippen LogP contribution is 2.30. The van der Waals surface area contributed by atoms with Gasteiger partial charge in [-0.3, -0.25) is 4.79 Å². The lowest BCUT2D eigenvalue weighted by molar-refractivity contribution is 0.102. The van der Waals surface area contributed by atoms with Gasteiger partial charge in [0.05, 0.1) is 19.9 Å². The van der Waals surface area contributed by atoms with Crippen molar-refractivity contribution in [2.45, 2.75) is 0 Å². The van der Waals surface area contributed by atoms with E-state index in [4.69, 9.17) is 15.2 Å². The van der Waals surface area contributed by atoms with Crippen LogP contribution in [0, 0.1) is 0 Å². The van der Waals surface area contributed by atoms with E-state index >= 15 is 0 Å². The number of anilines is 2. The van der Waals surface area contributed by atoms with Crippen molar-refractivity contribution < 1.29 is 14.3 Å². The van der Waals surface area contributed by atoms with Crippen molar-refractivity contribution in [3.05, 3.63) is 52.6 Å². The molecule has 0 unspecified atom stereocenters. The fourth-order valence-electron chi connectivity index (χ4n) is 2.33. The number of benzene rings is 2. The summed E-state index contributed by atoms with van der Waals surface area (Å²) in [6.07, 6.45) is 0. The van der Waals surface area contributed by atoms with Gasteiger partial charge in [-0.1, -0.05) is 21.1 Å². The number of amides is 1. The Morgan fingerprint density at radius 1 is 1.12 bits per heavy atom. The summed E-state index contributed by atoms with van der Waals surface area (Å²) in [5.41, 5.74) is 7.30. The maximum absolute atomic E-state index is 12.5. The highest BCUT2D eigenvalue weighted by atomic mass is 79.9. The number of hydrogen-bond donors (Lipinski definition) is 2. The third kappa shape index (κ3) is 3.47. The van der Waals surface area contributed by atoms with Crippen molar-refractivity contribution in [2.24, 2.45) is 0 Å². The van der Waals surface area contributed by atoms with Crippen molar-refractivity contribution in [1.82, 2.24) is 15.0 Å². The van der Waals surface area contributed by atoms with Gasteiger partial charge in [0.25, 0.3) is 5.91 Å². The summed E-state index contributed by atoms with van der Waals surface area (Å²) in [6.45, 7) is 0. The van der Waals surface area contributed by atoms with Gasteiger partial charge in [-0.25, -0.2) is 0 Å². The Bertz CT molecular complexity index is 940. The molecule has 9 heteroatoms. The number of nitrogens with one attached hydrogen (secondary N) is 1. The molecule has 1 amide bonds. The molecular weight excluding hydrogens is 402 g/mol. The third-order valence-electron chi connectivity index (χ3n) is 3.63. The molecule has 0 fully saturated rings. The van der Waals surface area contributed by atoms with E-state index < -0.39 is 5.91 Å². The SMILES string of the molecule is COc1ccc(NC(=O)c2nnn(-c3ccc(Br)cc3)c2N)cc1OC. The van der Waals surface area contributed by atoms with Crippen LogP contribution in [0.15, 0.2) is 46.9 Å². The molecule has 1 aromatic heterocycles. The number of rotatable bonds is 5. The number of halogens is 1. The van der Waals surface area contributed by atoms with E-state index in [2.05, 4.69) is 31.6 Å². The van der Waals surface area contributed by atoms with Crippen LogP contribution in [0.5, 0.6) is 11.5 Å². The lowest BCUT2D eigenvalue weighted by Crippen LogP contribution is -2.15. The van der Waals surface area contributed by atoms with Crippen molar-refractivity contribution in [2.75, 3.05) is 25.3 Å². The molecule has 0 radical (unpaired) electrons. The Hall–Kier alpha value is -3.07. The van der Waals surface area contributed by atoms with Gasteiger partial charge in [-0.15, -0.1) is 5.10 Å². The molecule has 3 aromatic rings. The molecule has 134 valence electrons. The summed E-state index contributed by atoms with van der Waals surface area (Å²) in [7, 11) is 3.06. The fourth-order valence-corrected chi connectivity index (χ4v) is 2.59. The van der Waals surface area contributed by atoms with E-state index in [-0.39, 0.29) is 11.5 Å². The van der Waals surface area contributed by atoms with E-state index in [1.807, 2.05) is 24.3 Å². The molecule has 0 saturated carbocycles. The summed E-state index contributed by atoms with van der Waals surface area (Å²) < 4.78 is 12.7. The first kappa shape index (κ1) is 17.7. The molecule has 8 nitrogen and oxygen atoms in total. The number of carbonyl (C=O) groups excluding carboxylic acids is 1. The van der Waals surface area contributed by atoms with E-state index in [1.54, 1.807) is 18.2 Å². The number of ether oxygens (including phenoxy) is 2. The van der Waals surface area contributed by atoms with Crippen LogP contribution in [-0.4, -0.2) is 35.1 Å². The Morgan fingerprint density at radius 3 is 2.46 bits per heavy atom. The minimum atomic E-state index is -0.474. The second-order valence-electron chi connectivity index (χ2n) is 5.24. The van der Waals surface area contributed by atoms with Crippen molar-refractivity contribution >= 4 is 33.3 Å². The standard InChI is InChI=1S/C17H16BrN5O3/c1-25-13-8-5-11(9-14(13)26-2)20-17(24)15-16(19)23(22-21-15)12-6-3-10(18)4-7-12/h3-9H,19H2,1-2H3,(H,20,24). The summed E-state index contributed by atoms with van der Waals surface area (Å²) in [5, 5.41) is 10.6. The van der Waals surface area contributed by atoms with Crippen molar-refractivity contribution in [1.29, 1.82) is 0 Å². The minimum absolute atomic E-state index is 0.0303. The highest BCUT2D eigenvalue weighted by Gasteiger charge is 2.19.